The van der Waals surface area contributed by atoms with E-state index >= 15 is 0 Å². The molecule has 2 aromatic heterocycles. The molecule has 0 aliphatic carbocycles. The maximum absolute atomic E-state index is 4.82. The Morgan fingerprint density at radius 3 is 2.73 bits per heavy atom. The molecule has 1 aliphatic heterocycles. The highest BCUT2D eigenvalue weighted by Crippen LogP contribution is 2.33. The largest absolute Gasteiger partial charge is 0.366 e. The monoisotopic (exact) mass is 316 g/mol. The Bertz CT molecular complexity index is 671. The van der Waals surface area contributed by atoms with Crippen LogP contribution in [0.15, 0.2) is 12.7 Å². The van der Waals surface area contributed by atoms with E-state index in [1.54, 1.807) is 11.3 Å². The third-order valence-corrected chi connectivity index (χ3v) is 5.40. The highest BCUT2D eigenvalue weighted by atomic mass is 32.1. The minimum absolute atomic E-state index is 0.726. The third-order valence-electron chi connectivity index (χ3n) is 4.30. The first-order valence-corrected chi connectivity index (χ1v) is 8.84. The minimum Gasteiger partial charge on any atom is -0.366 e. The summed E-state index contributed by atoms with van der Waals surface area (Å²) in [7, 11) is 0. The maximum Gasteiger partial charge on any atom is 0.146 e. The Hall–Kier alpha value is -1.46. The van der Waals surface area contributed by atoms with Crippen LogP contribution >= 0.6 is 11.3 Å². The van der Waals surface area contributed by atoms with Crippen LogP contribution in [-0.4, -0.2) is 34.5 Å². The van der Waals surface area contributed by atoms with Crippen molar-refractivity contribution in [3.05, 3.63) is 28.9 Å². The van der Waals surface area contributed by atoms with Gasteiger partial charge in [-0.2, -0.15) is 0 Å². The molecule has 5 heteroatoms. The van der Waals surface area contributed by atoms with Gasteiger partial charge in [-0.15, -0.1) is 17.9 Å². The molecule has 4 nitrogen and oxygen atoms in total. The second-order valence-corrected chi connectivity index (χ2v) is 7.16. The van der Waals surface area contributed by atoms with Crippen LogP contribution in [0, 0.1) is 13.8 Å². The van der Waals surface area contributed by atoms with Crippen molar-refractivity contribution in [2.45, 2.75) is 39.7 Å². The zero-order valence-electron chi connectivity index (χ0n) is 13.5. The number of rotatable bonds is 5. The molecule has 0 bridgehead atoms. The van der Waals surface area contributed by atoms with Crippen molar-refractivity contribution < 1.29 is 0 Å². The van der Waals surface area contributed by atoms with Gasteiger partial charge >= 0.3 is 0 Å². The molecule has 2 aromatic rings. The van der Waals surface area contributed by atoms with E-state index in [0.717, 1.165) is 29.6 Å². The van der Waals surface area contributed by atoms with Crippen molar-refractivity contribution in [2.24, 2.45) is 0 Å². The zero-order chi connectivity index (χ0) is 15.5. The Kier molecular flexibility index (Phi) is 4.74. The number of piperidine rings is 1. The van der Waals surface area contributed by atoms with Gasteiger partial charge in [-0.1, -0.05) is 12.5 Å². The van der Waals surface area contributed by atoms with Crippen molar-refractivity contribution >= 4 is 27.4 Å². The molecule has 0 unspecified atom stereocenters. The van der Waals surface area contributed by atoms with E-state index in [0.29, 0.717) is 0 Å². The fourth-order valence-corrected chi connectivity index (χ4v) is 4.03. The van der Waals surface area contributed by atoms with Crippen LogP contribution < -0.4 is 5.32 Å². The molecule has 118 valence electrons. The number of aromatic nitrogens is 2. The van der Waals surface area contributed by atoms with E-state index in [1.807, 2.05) is 6.08 Å². The summed E-state index contributed by atoms with van der Waals surface area (Å²) in [4.78, 5) is 14.5. The summed E-state index contributed by atoms with van der Waals surface area (Å²) in [6.45, 7) is 12.0. The number of hydrogen-bond donors (Lipinski definition) is 1. The number of aryl methyl sites for hydroxylation is 2. The van der Waals surface area contributed by atoms with Crippen molar-refractivity contribution in [1.82, 2.24) is 14.9 Å². The highest BCUT2D eigenvalue weighted by molar-refractivity contribution is 7.18. The van der Waals surface area contributed by atoms with E-state index in [1.165, 1.54) is 48.2 Å². The molecule has 1 N–H and O–H groups in total. The van der Waals surface area contributed by atoms with Crippen LogP contribution in [0.3, 0.4) is 0 Å². The normalized spacial score (nSPS) is 16.1. The first-order valence-electron chi connectivity index (χ1n) is 8.02. The van der Waals surface area contributed by atoms with Gasteiger partial charge in [-0.3, -0.25) is 4.90 Å². The average Bonchev–Trinajstić information content (AvgIpc) is 2.81. The molecule has 3 rings (SSSR count). The van der Waals surface area contributed by atoms with E-state index in [2.05, 4.69) is 30.6 Å². The number of nitrogens with zero attached hydrogens (tertiary/aromatic N) is 3. The van der Waals surface area contributed by atoms with Crippen molar-refractivity contribution in [2.75, 3.05) is 25.0 Å². The first-order chi connectivity index (χ1) is 10.7. The number of likely N-dealkylation sites (tertiary alicyclic amines) is 1. The highest BCUT2D eigenvalue weighted by Gasteiger charge is 2.17. The van der Waals surface area contributed by atoms with Gasteiger partial charge in [0.1, 0.15) is 16.5 Å². The van der Waals surface area contributed by atoms with E-state index < -0.39 is 0 Å². The van der Waals surface area contributed by atoms with Gasteiger partial charge in [0.05, 0.1) is 11.9 Å². The van der Waals surface area contributed by atoms with Crippen LogP contribution in [0.2, 0.25) is 0 Å². The predicted molar refractivity (Wildman–Crippen MR) is 94.7 cm³/mol. The van der Waals surface area contributed by atoms with Crippen molar-refractivity contribution in [3.63, 3.8) is 0 Å². The van der Waals surface area contributed by atoms with Gasteiger partial charge in [-0.05, 0) is 45.3 Å². The summed E-state index contributed by atoms with van der Waals surface area (Å²) < 4.78 is 0. The smallest absolute Gasteiger partial charge is 0.146 e. The topological polar surface area (TPSA) is 41.1 Å². The number of nitrogens with one attached hydrogen (secondary N) is 1. The quantitative estimate of drug-likeness (QED) is 0.850. The second-order valence-electron chi connectivity index (χ2n) is 5.96. The van der Waals surface area contributed by atoms with Crippen LogP contribution in [0.5, 0.6) is 0 Å². The molecule has 3 heterocycles. The zero-order valence-corrected chi connectivity index (χ0v) is 14.3. The van der Waals surface area contributed by atoms with Gasteiger partial charge in [0.2, 0.25) is 0 Å². The summed E-state index contributed by atoms with van der Waals surface area (Å²) in [6.07, 6.45) is 5.81. The average molecular weight is 316 g/mol. The lowest BCUT2D eigenvalue weighted by atomic mass is 10.1. The van der Waals surface area contributed by atoms with E-state index in [-0.39, 0.29) is 0 Å². The molecular formula is C17H24N4S. The van der Waals surface area contributed by atoms with Gasteiger partial charge in [0.15, 0.2) is 0 Å². The molecule has 1 saturated heterocycles. The SMILES string of the molecule is C=CCNc1nc(CN2CCCCC2)nc2sc(C)c(C)c12. The van der Waals surface area contributed by atoms with Crippen LogP contribution in [0.25, 0.3) is 10.2 Å². The second kappa shape index (κ2) is 6.75. The molecule has 0 amide bonds. The van der Waals surface area contributed by atoms with Crippen LogP contribution in [0.4, 0.5) is 5.82 Å². The Morgan fingerprint density at radius 1 is 1.23 bits per heavy atom. The standard InChI is InChI=1S/C17H24N4S/c1-4-8-18-16-15-12(2)13(3)22-17(15)20-14(19-16)11-21-9-6-5-7-10-21/h4H,1,5-11H2,2-3H3,(H,18,19,20). The summed E-state index contributed by atoms with van der Waals surface area (Å²) in [6, 6.07) is 0. The number of thiophene rings is 1. The third kappa shape index (κ3) is 3.15. The van der Waals surface area contributed by atoms with Gasteiger partial charge in [0.25, 0.3) is 0 Å². The first kappa shape index (κ1) is 15.4. The molecular weight excluding hydrogens is 292 g/mol. The molecule has 0 radical (unpaired) electrons. The Morgan fingerprint density at radius 2 is 2.00 bits per heavy atom. The lowest BCUT2D eigenvalue weighted by Crippen LogP contribution is -2.30. The lowest BCUT2D eigenvalue weighted by Gasteiger charge is -2.25. The number of fused-ring (bicyclic) bond motifs is 1. The molecule has 22 heavy (non-hydrogen) atoms. The molecule has 0 saturated carbocycles. The predicted octanol–water partition coefficient (Wildman–Crippen LogP) is 3.89. The Labute approximate surface area is 136 Å². The lowest BCUT2D eigenvalue weighted by molar-refractivity contribution is 0.216. The molecule has 1 aliphatic rings. The number of hydrogen-bond acceptors (Lipinski definition) is 5. The fourth-order valence-electron chi connectivity index (χ4n) is 2.98. The van der Waals surface area contributed by atoms with Crippen LogP contribution in [0.1, 0.15) is 35.5 Å². The summed E-state index contributed by atoms with van der Waals surface area (Å²) in [5.41, 5.74) is 1.29. The number of anilines is 1. The van der Waals surface area contributed by atoms with Crippen LogP contribution in [-0.2, 0) is 6.54 Å². The fraction of sp³-hybridized carbons (Fsp3) is 0.529. The van der Waals surface area contributed by atoms with E-state index in [9.17, 15) is 0 Å². The van der Waals surface area contributed by atoms with Gasteiger partial charge < -0.3 is 5.32 Å². The minimum atomic E-state index is 0.726. The Balaban J connectivity index is 1.94. The summed E-state index contributed by atoms with van der Waals surface area (Å²) in [5.74, 6) is 1.89. The van der Waals surface area contributed by atoms with Gasteiger partial charge in [0, 0.05) is 11.4 Å². The van der Waals surface area contributed by atoms with Gasteiger partial charge in [-0.25, -0.2) is 9.97 Å². The van der Waals surface area contributed by atoms with E-state index in [4.69, 9.17) is 9.97 Å². The van der Waals surface area contributed by atoms with Crippen molar-refractivity contribution in [3.8, 4) is 0 Å². The summed E-state index contributed by atoms with van der Waals surface area (Å²) in [5, 5.41) is 4.56. The molecule has 0 aromatic carbocycles. The molecule has 0 spiro atoms. The molecule has 1 fully saturated rings. The summed E-state index contributed by atoms with van der Waals surface area (Å²) >= 11 is 1.77. The molecule has 0 atom stereocenters. The van der Waals surface area contributed by atoms with Crippen molar-refractivity contribution in [1.29, 1.82) is 0 Å². The maximum atomic E-state index is 4.82.